The highest BCUT2D eigenvalue weighted by Gasteiger charge is 2.15. The van der Waals surface area contributed by atoms with Gasteiger partial charge in [-0.2, -0.15) is 0 Å². The lowest BCUT2D eigenvalue weighted by molar-refractivity contribution is 0.0682. The van der Waals surface area contributed by atoms with Crippen molar-refractivity contribution in [2.24, 2.45) is 0 Å². The predicted octanol–water partition coefficient (Wildman–Crippen LogP) is 4.37. The summed E-state index contributed by atoms with van der Waals surface area (Å²) in [6, 6.07) is 1.69. The SMILES string of the molecule is CCCCCCC(C)n1cc(Cl)cc1C(=O)O. The first kappa shape index (κ1) is 14.1. The fourth-order valence-electron chi connectivity index (χ4n) is 1.99. The molecule has 3 nitrogen and oxygen atoms in total. The molecule has 1 rings (SSSR count). The van der Waals surface area contributed by atoms with Gasteiger partial charge in [-0.05, 0) is 19.4 Å². The quantitative estimate of drug-likeness (QED) is 0.737. The Balaban J connectivity index is 2.61. The summed E-state index contributed by atoms with van der Waals surface area (Å²) >= 11 is 5.85. The second-order valence-electron chi connectivity index (χ2n) is 4.45. The van der Waals surface area contributed by atoms with Crippen molar-refractivity contribution in [3.05, 3.63) is 23.0 Å². The van der Waals surface area contributed by atoms with E-state index in [4.69, 9.17) is 16.7 Å². The first-order chi connectivity index (χ1) is 8.06. The monoisotopic (exact) mass is 257 g/mol. The van der Waals surface area contributed by atoms with E-state index in [9.17, 15) is 4.79 Å². The van der Waals surface area contributed by atoms with Crippen LogP contribution >= 0.6 is 11.6 Å². The Morgan fingerprint density at radius 1 is 1.47 bits per heavy atom. The van der Waals surface area contributed by atoms with Crippen LogP contribution in [-0.4, -0.2) is 15.6 Å². The van der Waals surface area contributed by atoms with Gasteiger partial charge in [-0.3, -0.25) is 0 Å². The van der Waals surface area contributed by atoms with E-state index in [0.717, 1.165) is 12.8 Å². The zero-order chi connectivity index (χ0) is 12.8. The number of hydrogen-bond acceptors (Lipinski definition) is 1. The Labute approximate surface area is 107 Å². The van der Waals surface area contributed by atoms with Crippen LogP contribution in [0, 0.1) is 0 Å². The van der Waals surface area contributed by atoms with Crippen molar-refractivity contribution in [1.29, 1.82) is 0 Å². The molecule has 0 saturated heterocycles. The van der Waals surface area contributed by atoms with Crippen LogP contribution in [0.25, 0.3) is 0 Å². The molecule has 0 spiro atoms. The van der Waals surface area contributed by atoms with Gasteiger partial charge in [0.1, 0.15) is 5.69 Å². The second kappa shape index (κ2) is 6.70. The molecule has 0 aliphatic heterocycles. The fourth-order valence-corrected chi connectivity index (χ4v) is 2.20. The first-order valence-electron chi connectivity index (χ1n) is 6.17. The maximum absolute atomic E-state index is 11.0. The predicted molar refractivity (Wildman–Crippen MR) is 69.9 cm³/mol. The van der Waals surface area contributed by atoms with Crippen molar-refractivity contribution in [2.75, 3.05) is 0 Å². The smallest absolute Gasteiger partial charge is 0.352 e. The molecule has 0 amide bonds. The lowest BCUT2D eigenvalue weighted by Gasteiger charge is -2.15. The fraction of sp³-hybridized carbons (Fsp3) is 0.615. The normalized spacial score (nSPS) is 12.6. The molecule has 1 aromatic heterocycles. The van der Waals surface area contributed by atoms with Crippen molar-refractivity contribution in [3.8, 4) is 0 Å². The summed E-state index contributed by atoms with van der Waals surface area (Å²) in [5.74, 6) is -0.919. The first-order valence-corrected chi connectivity index (χ1v) is 6.54. The van der Waals surface area contributed by atoms with E-state index in [-0.39, 0.29) is 11.7 Å². The molecule has 0 radical (unpaired) electrons. The number of unbranched alkanes of at least 4 members (excludes halogenated alkanes) is 3. The van der Waals surface area contributed by atoms with Gasteiger partial charge in [0.2, 0.25) is 0 Å². The molecule has 0 aliphatic rings. The van der Waals surface area contributed by atoms with Crippen molar-refractivity contribution >= 4 is 17.6 Å². The minimum absolute atomic E-state index is 0.186. The number of rotatable bonds is 7. The van der Waals surface area contributed by atoms with Crippen LogP contribution in [0.3, 0.4) is 0 Å². The van der Waals surface area contributed by atoms with Crippen molar-refractivity contribution in [3.63, 3.8) is 0 Å². The number of halogens is 1. The molecule has 1 atom stereocenters. The van der Waals surface area contributed by atoms with Gasteiger partial charge in [-0.1, -0.05) is 44.2 Å². The average Bonchev–Trinajstić information content (AvgIpc) is 2.66. The Kier molecular flexibility index (Phi) is 5.56. The molecule has 1 heterocycles. The molecule has 96 valence electrons. The molecule has 1 aromatic rings. The van der Waals surface area contributed by atoms with E-state index >= 15 is 0 Å². The summed E-state index contributed by atoms with van der Waals surface area (Å²) in [7, 11) is 0. The topological polar surface area (TPSA) is 42.2 Å². The van der Waals surface area contributed by atoms with Gasteiger partial charge in [0.15, 0.2) is 0 Å². The van der Waals surface area contributed by atoms with E-state index < -0.39 is 5.97 Å². The van der Waals surface area contributed by atoms with Crippen molar-refractivity contribution in [2.45, 2.75) is 52.0 Å². The summed E-state index contributed by atoms with van der Waals surface area (Å²) in [4.78, 5) is 11.0. The van der Waals surface area contributed by atoms with Crippen molar-refractivity contribution in [1.82, 2.24) is 4.57 Å². The highest BCUT2D eigenvalue weighted by Crippen LogP contribution is 2.23. The molecule has 17 heavy (non-hydrogen) atoms. The van der Waals surface area contributed by atoms with Crippen LogP contribution in [0.2, 0.25) is 5.02 Å². The van der Waals surface area contributed by atoms with Gasteiger partial charge >= 0.3 is 5.97 Å². The van der Waals surface area contributed by atoms with E-state index in [2.05, 4.69) is 6.92 Å². The van der Waals surface area contributed by atoms with Crippen LogP contribution < -0.4 is 0 Å². The van der Waals surface area contributed by atoms with Crippen LogP contribution in [-0.2, 0) is 0 Å². The van der Waals surface area contributed by atoms with E-state index in [1.807, 2.05) is 6.92 Å². The Bertz CT molecular complexity index is 373. The molecule has 0 fully saturated rings. The number of carboxylic acid groups (broad SMARTS) is 1. The average molecular weight is 258 g/mol. The largest absolute Gasteiger partial charge is 0.477 e. The molecule has 0 aliphatic carbocycles. The van der Waals surface area contributed by atoms with Crippen LogP contribution in [0.15, 0.2) is 12.3 Å². The number of carboxylic acids is 1. The lowest BCUT2D eigenvalue weighted by Crippen LogP contribution is -2.11. The third-order valence-corrected chi connectivity index (χ3v) is 3.19. The second-order valence-corrected chi connectivity index (χ2v) is 4.89. The van der Waals surface area contributed by atoms with Gasteiger partial charge in [-0.15, -0.1) is 0 Å². The van der Waals surface area contributed by atoms with Gasteiger partial charge in [0, 0.05) is 12.2 Å². The van der Waals surface area contributed by atoms with Gasteiger partial charge < -0.3 is 9.67 Å². The lowest BCUT2D eigenvalue weighted by atomic mass is 10.1. The molecular formula is C13H20ClNO2. The number of aromatic carboxylic acids is 1. The number of nitrogens with zero attached hydrogens (tertiary/aromatic N) is 1. The third kappa shape index (κ3) is 4.08. The summed E-state index contributed by atoms with van der Waals surface area (Å²) < 4.78 is 1.76. The van der Waals surface area contributed by atoms with Crippen LogP contribution in [0.4, 0.5) is 0 Å². The maximum atomic E-state index is 11.0. The Morgan fingerprint density at radius 3 is 2.76 bits per heavy atom. The Morgan fingerprint density at radius 2 is 2.18 bits per heavy atom. The molecule has 0 bridgehead atoms. The highest BCUT2D eigenvalue weighted by molar-refractivity contribution is 6.30. The maximum Gasteiger partial charge on any atom is 0.352 e. The number of aromatic nitrogens is 1. The van der Waals surface area contributed by atoms with Gasteiger partial charge in [-0.25, -0.2) is 4.79 Å². The van der Waals surface area contributed by atoms with E-state index in [0.29, 0.717) is 5.02 Å². The molecule has 0 saturated carbocycles. The molecule has 0 aromatic carbocycles. The summed E-state index contributed by atoms with van der Waals surface area (Å²) in [5.41, 5.74) is 0.276. The summed E-state index contributed by atoms with van der Waals surface area (Å²) in [6.07, 6.45) is 7.48. The molecular weight excluding hydrogens is 238 g/mol. The summed E-state index contributed by atoms with van der Waals surface area (Å²) in [6.45, 7) is 4.21. The van der Waals surface area contributed by atoms with E-state index in [1.54, 1.807) is 10.8 Å². The highest BCUT2D eigenvalue weighted by atomic mass is 35.5. The molecule has 4 heteroatoms. The van der Waals surface area contributed by atoms with Gasteiger partial charge in [0.25, 0.3) is 0 Å². The van der Waals surface area contributed by atoms with Crippen LogP contribution in [0.1, 0.15) is 62.5 Å². The molecule has 1 N–H and O–H groups in total. The standard InChI is InChI=1S/C13H20ClNO2/c1-3-4-5-6-7-10(2)15-9-11(14)8-12(15)13(16)17/h8-10H,3-7H2,1-2H3,(H,16,17). The number of hydrogen-bond donors (Lipinski definition) is 1. The van der Waals surface area contributed by atoms with Crippen LogP contribution in [0.5, 0.6) is 0 Å². The Hall–Kier alpha value is -0.960. The summed E-state index contributed by atoms with van der Waals surface area (Å²) in [5, 5.41) is 9.55. The van der Waals surface area contributed by atoms with Crippen molar-refractivity contribution < 1.29 is 9.90 Å². The van der Waals surface area contributed by atoms with E-state index in [1.165, 1.54) is 25.3 Å². The number of carbonyl (C=O) groups is 1. The minimum atomic E-state index is -0.919. The van der Waals surface area contributed by atoms with Gasteiger partial charge in [0.05, 0.1) is 5.02 Å². The third-order valence-electron chi connectivity index (χ3n) is 2.98. The zero-order valence-electron chi connectivity index (χ0n) is 10.4. The zero-order valence-corrected chi connectivity index (χ0v) is 11.2. The molecule has 1 unspecified atom stereocenters. The minimum Gasteiger partial charge on any atom is -0.477 e.